The number of benzene rings is 1. The van der Waals surface area contributed by atoms with Crippen molar-refractivity contribution in [2.24, 2.45) is 0 Å². The standard InChI is InChI=1S/C15H17ClN2O2/c16-11-3-4-12-10(7-11)8-13(18-12)14(19)17-9-15(20)5-1-2-6-15/h3-4,7-8,18,20H,1-2,5-6,9H2,(H,17,19). The Morgan fingerprint density at radius 1 is 1.35 bits per heavy atom. The average Bonchev–Trinajstić information content (AvgIpc) is 3.02. The average molecular weight is 293 g/mol. The molecule has 5 heteroatoms. The second-order valence-electron chi connectivity index (χ2n) is 5.53. The van der Waals surface area contributed by atoms with Crippen molar-refractivity contribution >= 4 is 28.4 Å². The summed E-state index contributed by atoms with van der Waals surface area (Å²) in [5, 5.41) is 14.6. The van der Waals surface area contributed by atoms with Crippen molar-refractivity contribution < 1.29 is 9.90 Å². The Balaban J connectivity index is 1.72. The number of rotatable bonds is 3. The Kier molecular flexibility index (Phi) is 3.44. The van der Waals surface area contributed by atoms with Crippen molar-refractivity contribution in [1.29, 1.82) is 0 Å². The molecule has 1 aliphatic carbocycles. The van der Waals surface area contributed by atoms with Gasteiger partial charge in [-0.05, 0) is 37.1 Å². The van der Waals surface area contributed by atoms with Crippen LogP contribution in [0.3, 0.4) is 0 Å². The predicted molar refractivity (Wildman–Crippen MR) is 79.1 cm³/mol. The van der Waals surface area contributed by atoms with Crippen molar-refractivity contribution in [3.63, 3.8) is 0 Å². The van der Waals surface area contributed by atoms with E-state index in [4.69, 9.17) is 11.6 Å². The highest BCUT2D eigenvalue weighted by molar-refractivity contribution is 6.31. The van der Waals surface area contributed by atoms with Gasteiger partial charge >= 0.3 is 0 Å². The zero-order valence-corrected chi connectivity index (χ0v) is 11.8. The number of carbonyl (C=O) groups is 1. The van der Waals surface area contributed by atoms with Gasteiger partial charge in [-0.1, -0.05) is 24.4 Å². The van der Waals surface area contributed by atoms with E-state index in [0.29, 0.717) is 17.3 Å². The van der Waals surface area contributed by atoms with Crippen LogP contribution in [0.15, 0.2) is 24.3 Å². The maximum Gasteiger partial charge on any atom is 0.267 e. The van der Waals surface area contributed by atoms with Gasteiger partial charge in [0.25, 0.3) is 5.91 Å². The minimum Gasteiger partial charge on any atom is -0.388 e. The van der Waals surface area contributed by atoms with E-state index < -0.39 is 5.60 Å². The normalized spacial score (nSPS) is 17.5. The number of nitrogens with one attached hydrogen (secondary N) is 2. The van der Waals surface area contributed by atoms with Crippen molar-refractivity contribution in [2.75, 3.05) is 6.54 Å². The minimum atomic E-state index is -0.731. The third-order valence-corrected chi connectivity index (χ3v) is 4.17. The first-order valence-electron chi connectivity index (χ1n) is 6.85. The smallest absolute Gasteiger partial charge is 0.267 e. The van der Waals surface area contributed by atoms with E-state index in [1.807, 2.05) is 12.1 Å². The third kappa shape index (κ3) is 2.67. The minimum absolute atomic E-state index is 0.197. The first-order valence-corrected chi connectivity index (χ1v) is 7.22. The first kappa shape index (κ1) is 13.5. The van der Waals surface area contributed by atoms with Crippen LogP contribution in [0.4, 0.5) is 0 Å². The molecule has 1 saturated carbocycles. The summed E-state index contributed by atoms with van der Waals surface area (Å²) in [6, 6.07) is 7.21. The van der Waals surface area contributed by atoms with Crippen LogP contribution in [0.1, 0.15) is 36.2 Å². The summed E-state index contributed by atoms with van der Waals surface area (Å²) in [6.45, 7) is 0.307. The van der Waals surface area contributed by atoms with Gasteiger partial charge in [-0.15, -0.1) is 0 Å². The lowest BCUT2D eigenvalue weighted by Crippen LogP contribution is -2.40. The van der Waals surface area contributed by atoms with Crippen LogP contribution in [-0.2, 0) is 0 Å². The predicted octanol–water partition coefficient (Wildman–Crippen LogP) is 2.86. The maximum absolute atomic E-state index is 12.1. The number of hydrogen-bond donors (Lipinski definition) is 3. The zero-order valence-electron chi connectivity index (χ0n) is 11.1. The fourth-order valence-electron chi connectivity index (χ4n) is 2.78. The molecule has 0 aliphatic heterocycles. The van der Waals surface area contributed by atoms with Crippen molar-refractivity contribution in [1.82, 2.24) is 10.3 Å². The summed E-state index contributed by atoms with van der Waals surface area (Å²) in [6.07, 6.45) is 3.57. The van der Waals surface area contributed by atoms with E-state index in [0.717, 1.165) is 36.6 Å². The van der Waals surface area contributed by atoms with Gasteiger partial charge in [0, 0.05) is 22.5 Å². The molecule has 0 radical (unpaired) electrons. The number of aliphatic hydroxyl groups is 1. The number of H-pyrrole nitrogens is 1. The van der Waals surface area contributed by atoms with Crippen LogP contribution < -0.4 is 5.32 Å². The van der Waals surface area contributed by atoms with E-state index in [-0.39, 0.29) is 5.91 Å². The number of aromatic amines is 1. The van der Waals surface area contributed by atoms with Gasteiger partial charge in [0.1, 0.15) is 5.69 Å². The van der Waals surface area contributed by atoms with E-state index in [1.54, 1.807) is 12.1 Å². The molecule has 1 aromatic heterocycles. The summed E-state index contributed by atoms with van der Waals surface area (Å²) in [7, 11) is 0. The molecule has 20 heavy (non-hydrogen) atoms. The molecular formula is C15H17ClN2O2. The highest BCUT2D eigenvalue weighted by Crippen LogP contribution is 2.28. The number of halogens is 1. The van der Waals surface area contributed by atoms with Gasteiger partial charge in [0.05, 0.1) is 5.60 Å². The highest BCUT2D eigenvalue weighted by Gasteiger charge is 2.31. The summed E-state index contributed by atoms with van der Waals surface area (Å²) < 4.78 is 0. The molecule has 3 rings (SSSR count). The molecule has 4 nitrogen and oxygen atoms in total. The molecule has 3 N–H and O–H groups in total. The number of amides is 1. The van der Waals surface area contributed by atoms with Crippen LogP contribution in [-0.4, -0.2) is 28.1 Å². The number of aromatic nitrogens is 1. The van der Waals surface area contributed by atoms with Crippen molar-refractivity contribution in [3.8, 4) is 0 Å². The first-order chi connectivity index (χ1) is 9.56. The second kappa shape index (κ2) is 5.11. The van der Waals surface area contributed by atoms with Gasteiger partial charge < -0.3 is 15.4 Å². The van der Waals surface area contributed by atoms with Gasteiger partial charge in [0.15, 0.2) is 0 Å². The fourth-order valence-corrected chi connectivity index (χ4v) is 2.96. The monoisotopic (exact) mass is 292 g/mol. The molecule has 0 bridgehead atoms. The lowest BCUT2D eigenvalue weighted by molar-refractivity contribution is 0.0449. The molecule has 1 heterocycles. The van der Waals surface area contributed by atoms with Crippen LogP contribution in [0.2, 0.25) is 5.02 Å². The maximum atomic E-state index is 12.1. The Labute approximate surface area is 122 Å². The molecule has 1 fully saturated rings. The number of carbonyl (C=O) groups excluding carboxylic acids is 1. The molecule has 1 aliphatic rings. The summed E-state index contributed by atoms with van der Waals surface area (Å²) in [5.41, 5.74) is 0.633. The summed E-state index contributed by atoms with van der Waals surface area (Å²) in [4.78, 5) is 15.2. The van der Waals surface area contributed by atoms with Gasteiger partial charge in [-0.2, -0.15) is 0 Å². The third-order valence-electron chi connectivity index (χ3n) is 3.94. The molecule has 0 unspecified atom stereocenters. The Morgan fingerprint density at radius 2 is 2.10 bits per heavy atom. The van der Waals surface area contributed by atoms with Crippen molar-refractivity contribution in [2.45, 2.75) is 31.3 Å². The van der Waals surface area contributed by atoms with Crippen molar-refractivity contribution in [3.05, 3.63) is 35.0 Å². The molecule has 1 aromatic carbocycles. The fraction of sp³-hybridized carbons (Fsp3) is 0.400. The zero-order chi connectivity index (χ0) is 14.2. The topological polar surface area (TPSA) is 65.1 Å². The summed E-state index contributed by atoms with van der Waals surface area (Å²) in [5.74, 6) is -0.197. The molecule has 0 saturated heterocycles. The molecule has 2 aromatic rings. The molecule has 0 atom stereocenters. The number of hydrogen-bond acceptors (Lipinski definition) is 2. The lowest BCUT2D eigenvalue weighted by Gasteiger charge is -2.22. The largest absolute Gasteiger partial charge is 0.388 e. The molecular weight excluding hydrogens is 276 g/mol. The van der Waals surface area contributed by atoms with E-state index in [9.17, 15) is 9.90 Å². The summed E-state index contributed by atoms with van der Waals surface area (Å²) >= 11 is 5.93. The highest BCUT2D eigenvalue weighted by atomic mass is 35.5. The molecule has 0 spiro atoms. The second-order valence-corrected chi connectivity index (χ2v) is 5.97. The van der Waals surface area contributed by atoms with Gasteiger partial charge in [-0.3, -0.25) is 4.79 Å². The SMILES string of the molecule is O=C(NCC1(O)CCCC1)c1cc2cc(Cl)ccc2[nH]1. The van der Waals surface area contributed by atoms with Crippen LogP contribution in [0.25, 0.3) is 10.9 Å². The van der Waals surface area contributed by atoms with Crippen LogP contribution in [0.5, 0.6) is 0 Å². The lowest BCUT2D eigenvalue weighted by atomic mass is 10.0. The van der Waals surface area contributed by atoms with Crippen LogP contribution in [0, 0.1) is 0 Å². The Hall–Kier alpha value is -1.52. The molecule has 1 amide bonds. The Bertz CT molecular complexity index is 644. The molecule has 106 valence electrons. The van der Waals surface area contributed by atoms with E-state index in [1.165, 1.54) is 0 Å². The van der Waals surface area contributed by atoms with Gasteiger partial charge in [0.2, 0.25) is 0 Å². The van der Waals surface area contributed by atoms with Crippen LogP contribution >= 0.6 is 11.6 Å². The van der Waals surface area contributed by atoms with Gasteiger partial charge in [-0.25, -0.2) is 0 Å². The Morgan fingerprint density at radius 3 is 2.85 bits per heavy atom. The van der Waals surface area contributed by atoms with E-state index >= 15 is 0 Å². The number of fused-ring (bicyclic) bond motifs is 1. The quantitative estimate of drug-likeness (QED) is 0.814. The van der Waals surface area contributed by atoms with E-state index in [2.05, 4.69) is 10.3 Å².